The Bertz CT molecular complexity index is 2610. The molecule has 0 radical (unpaired) electrons. The van der Waals surface area contributed by atoms with E-state index in [-0.39, 0.29) is 54.4 Å². The fourth-order valence-electron chi connectivity index (χ4n) is 13.2. The van der Waals surface area contributed by atoms with E-state index in [2.05, 4.69) is 47.4 Å². The van der Waals surface area contributed by atoms with Crippen molar-refractivity contribution in [2.75, 3.05) is 23.8 Å². The smallest absolute Gasteiger partial charge is 0.408 e. The highest BCUT2D eigenvalue weighted by molar-refractivity contribution is 5.98. The molecule has 18 nitrogen and oxygen atoms in total. The molecule has 74 heavy (non-hydrogen) atoms. The van der Waals surface area contributed by atoms with E-state index < -0.39 is 70.9 Å². The molecular weight excluding hydrogens is 945 g/mol. The summed E-state index contributed by atoms with van der Waals surface area (Å²) in [6.07, 6.45) is 8.15. The second-order valence-electron chi connectivity index (χ2n) is 22.4. The predicted molar refractivity (Wildman–Crippen MR) is 279 cm³/mol. The number of aliphatic hydroxyl groups is 1. The lowest BCUT2D eigenvalue weighted by Crippen LogP contribution is -2.66. The number of benzene rings is 3. The van der Waals surface area contributed by atoms with Crippen molar-refractivity contribution in [2.24, 2.45) is 34.6 Å². The third-order valence-electron chi connectivity index (χ3n) is 17.3. The Kier molecular flexibility index (Phi) is 16.8. The Hall–Kier alpha value is -6.53. The van der Waals surface area contributed by atoms with Crippen LogP contribution < -0.4 is 38.1 Å². The highest BCUT2D eigenvalue weighted by Crippen LogP contribution is 2.60. The average Bonchev–Trinajstić information content (AvgIpc) is 3.36. The second kappa shape index (κ2) is 22.5. The number of ether oxygens (including phenoxy) is 1. The first-order valence-electron chi connectivity index (χ1n) is 26.2. The fourth-order valence-corrected chi connectivity index (χ4v) is 13.2. The molecule has 2 fully saturated rings. The van der Waals surface area contributed by atoms with Gasteiger partial charge in [0.1, 0.15) is 24.4 Å². The van der Waals surface area contributed by atoms with Gasteiger partial charge in [-0.3, -0.25) is 28.9 Å². The number of fused-ring (bicyclic) bond motifs is 6. The van der Waals surface area contributed by atoms with Crippen molar-refractivity contribution in [1.29, 1.82) is 0 Å². The molecule has 0 unspecified atom stereocenters. The number of hydrogen-bond acceptors (Lipinski definition) is 11. The zero-order valence-electron chi connectivity index (χ0n) is 43.7. The predicted octanol–water partition coefficient (Wildman–Crippen LogP) is 5.93. The minimum absolute atomic E-state index is 0.0136. The Morgan fingerprint density at radius 1 is 0.770 bits per heavy atom. The zero-order chi connectivity index (χ0) is 53.8. The maximum Gasteiger partial charge on any atom is 0.408 e. The molecule has 11 N–H and O–H groups in total. The Morgan fingerprint density at radius 2 is 1.36 bits per heavy atom. The molecule has 3 aromatic rings. The van der Waals surface area contributed by atoms with Gasteiger partial charge < -0.3 is 53.0 Å². The van der Waals surface area contributed by atoms with Crippen molar-refractivity contribution in [3.63, 3.8) is 0 Å². The van der Waals surface area contributed by atoms with E-state index in [1.807, 2.05) is 31.2 Å². The molecule has 0 saturated heterocycles. The normalized spacial score (nSPS) is 26.0. The van der Waals surface area contributed by atoms with E-state index in [1.165, 1.54) is 5.56 Å². The van der Waals surface area contributed by atoms with E-state index in [0.717, 1.165) is 68.0 Å². The second-order valence-corrected chi connectivity index (χ2v) is 22.4. The van der Waals surface area contributed by atoms with Crippen LogP contribution in [0.5, 0.6) is 5.75 Å². The molecule has 0 aliphatic heterocycles. The number of aryl methyl sites for hydroxylation is 2. The third-order valence-corrected chi connectivity index (χ3v) is 17.3. The molecule has 2 saturated carbocycles. The molecular formula is C56H76N8O10. The van der Waals surface area contributed by atoms with Gasteiger partial charge in [0, 0.05) is 17.9 Å². The summed E-state index contributed by atoms with van der Waals surface area (Å²) in [4.78, 5) is 94.1. The summed E-state index contributed by atoms with van der Waals surface area (Å²) in [7, 11) is 0. The molecule has 3 aromatic carbocycles. The fraction of sp³-hybridized carbons (Fsp3) is 0.554. The number of rotatable bonds is 18. The number of amides is 8. The molecule has 7 rings (SSSR count). The molecule has 0 aromatic heterocycles. The van der Waals surface area contributed by atoms with Crippen LogP contribution in [0, 0.1) is 23.2 Å². The molecule has 400 valence electrons. The Morgan fingerprint density at radius 3 is 2.01 bits per heavy atom. The number of anilines is 2. The summed E-state index contributed by atoms with van der Waals surface area (Å²) in [6.45, 7) is 11.4. The van der Waals surface area contributed by atoms with Crippen LogP contribution in [0.15, 0.2) is 60.7 Å². The van der Waals surface area contributed by atoms with Crippen molar-refractivity contribution in [3.05, 3.63) is 88.5 Å². The first-order valence-corrected chi connectivity index (χ1v) is 26.2. The molecule has 4 aliphatic carbocycles. The first kappa shape index (κ1) is 55.2. The number of primary amides is 1. The Labute approximate surface area is 433 Å². The number of phenolic OH excluding ortho intramolecular Hbond substituents is 1. The van der Waals surface area contributed by atoms with Gasteiger partial charge in [0.05, 0.1) is 23.6 Å². The number of imide groups is 1. The van der Waals surface area contributed by atoms with E-state index in [1.54, 1.807) is 55.1 Å². The molecule has 0 heterocycles. The molecule has 0 bridgehead atoms. The zero-order valence-corrected chi connectivity index (χ0v) is 43.7. The van der Waals surface area contributed by atoms with E-state index in [4.69, 9.17) is 16.2 Å². The van der Waals surface area contributed by atoms with Gasteiger partial charge in [-0.1, -0.05) is 71.7 Å². The highest BCUT2D eigenvalue weighted by atomic mass is 16.5. The van der Waals surface area contributed by atoms with Gasteiger partial charge in [0.2, 0.25) is 30.0 Å². The lowest BCUT2D eigenvalue weighted by atomic mass is 9.48. The van der Waals surface area contributed by atoms with Crippen LogP contribution in [0.2, 0.25) is 0 Å². The van der Waals surface area contributed by atoms with Gasteiger partial charge in [-0.25, -0.2) is 9.59 Å². The van der Waals surface area contributed by atoms with E-state index in [0.29, 0.717) is 42.6 Å². The summed E-state index contributed by atoms with van der Waals surface area (Å²) in [5, 5.41) is 34.0. The van der Waals surface area contributed by atoms with Crippen LogP contribution >= 0.6 is 0 Å². The van der Waals surface area contributed by atoms with Crippen molar-refractivity contribution in [1.82, 2.24) is 20.9 Å². The van der Waals surface area contributed by atoms with Gasteiger partial charge in [-0.2, -0.15) is 0 Å². The molecule has 18 heteroatoms. The van der Waals surface area contributed by atoms with Gasteiger partial charge in [0.25, 0.3) is 0 Å². The number of carbonyl (C=O) groups excluding carboxylic acids is 7. The largest absolute Gasteiger partial charge is 0.508 e. The number of alkyl carbamates (subject to hydrolysis) is 1. The van der Waals surface area contributed by atoms with Crippen LogP contribution in [-0.4, -0.2) is 94.1 Å². The van der Waals surface area contributed by atoms with E-state index in [9.17, 15) is 39.0 Å². The topological polar surface area (TPSA) is 285 Å². The van der Waals surface area contributed by atoms with Crippen molar-refractivity contribution < 1.29 is 48.5 Å². The van der Waals surface area contributed by atoms with Gasteiger partial charge in [-0.05, 0) is 164 Å². The lowest BCUT2D eigenvalue weighted by molar-refractivity contribution is -0.166. The highest BCUT2D eigenvalue weighted by Gasteiger charge is 2.61. The number of nitrogens with zero attached hydrogens (tertiary/aromatic N) is 1. The quantitative estimate of drug-likeness (QED) is 0.0532. The number of nitrogens with two attached hydrogens (primary N) is 2. The first-order chi connectivity index (χ1) is 35.1. The maximum atomic E-state index is 15.3. The summed E-state index contributed by atoms with van der Waals surface area (Å²) in [5.74, 6) is -1.83. The average molecular weight is 1020 g/mol. The minimum Gasteiger partial charge on any atom is -0.508 e. The molecule has 4 aliphatic rings. The number of carbonyl (C=O) groups is 7. The van der Waals surface area contributed by atoms with Crippen LogP contribution in [-0.2, 0) is 59.0 Å². The number of hydrogen-bond donors (Lipinski definition) is 9. The Balaban J connectivity index is 0.968. The third kappa shape index (κ3) is 11.3. The number of phenols is 1. The number of nitrogens with one attached hydrogen (secondary N) is 5. The van der Waals surface area contributed by atoms with Crippen LogP contribution in [0.4, 0.5) is 21.0 Å². The number of urea groups is 1. The minimum atomic E-state index is -1.36. The molecule has 8 amide bonds. The number of aromatic hydroxyl groups is 1. The maximum absolute atomic E-state index is 15.3. The number of aliphatic hydroxyl groups excluding tert-OH is 1. The van der Waals surface area contributed by atoms with Crippen molar-refractivity contribution >= 4 is 53.5 Å². The van der Waals surface area contributed by atoms with Gasteiger partial charge in [-0.15, -0.1) is 0 Å². The molecule has 9 atom stereocenters. The standard InChI is InChI=1S/C56H76N8O10/c1-33(2)46(57)49(70)62-42(10-7-27-59-51(58)72)47(68)60-37-17-11-34(12-18-37)31-74-52(73)63-43(30-65)48(69)61-38-19-13-35-15-21-44-53(3,40(35)28-38)23-8-25-55(44,5)50(71)64(32-66)56(6)26-9-24-54(4)41-29-39(67)20-14-36(41)16-22-45(54)56/h11-14,17-20,28-29,32-33,42-46,65,67H,7-10,15-16,21-27,30-31,57H2,1-6H3,(H,60,68)(H,61,69)(H,62,70)(H,63,73)(H3,58,59,72)/t42-,43-,44+,45+,46-,53+,54+,55-,56-/m0/s1. The van der Waals surface area contributed by atoms with E-state index >= 15 is 4.79 Å². The summed E-state index contributed by atoms with van der Waals surface area (Å²) in [6, 6.07) is 13.9. The van der Waals surface area contributed by atoms with Crippen LogP contribution in [0.3, 0.4) is 0 Å². The monoisotopic (exact) mass is 1020 g/mol. The van der Waals surface area contributed by atoms with Crippen LogP contribution in [0.25, 0.3) is 0 Å². The summed E-state index contributed by atoms with van der Waals surface area (Å²) >= 11 is 0. The lowest BCUT2D eigenvalue weighted by Gasteiger charge is -2.60. The molecule has 0 spiro atoms. The SMILES string of the molecule is CC(C)[C@H](N)C(=O)N[C@@H](CCCNC(N)=O)C(=O)Nc1ccc(COC(=O)N[C@@H](CO)C(=O)Nc2ccc3c(c2)[C@@]2(C)CCC[C@](C)(C(=O)N(C=O)[C@@]4(C)CCC[C@]5(C)c6cc(O)ccc6CC[C@@H]45)[C@@H]2CC3)cc1. The summed E-state index contributed by atoms with van der Waals surface area (Å²) in [5.41, 5.74) is 14.7. The summed E-state index contributed by atoms with van der Waals surface area (Å²) < 4.78 is 5.39. The van der Waals surface area contributed by atoms with Crippen molar-refractivity contribution in [3.8, 4) is 5.75 Å². The van der Waals surface area contributed by atoms with Crippen LogP contribution in [0.1, 0.15) is 134 Å². The van der Waals surface area contributed by atoms with Gasteiger partial charge in [0.15, 0.2) is 0 Å². The van der Waals surface area contributed by atoms with Crippen molar-refractivity contribution in [2.45, 2.75) is 160 Å². The van der Waals surface area contributed by atoms with Gasteiger partial charge >= 0.3 is 12.1 Å².